The Morgan fingerprint density at radius 1 is 1.01 bits per heavy atom. The highest BCUT2D eigenvalue weighted by atomic mass is 16.7. The first-order valence-electron chi connectivity index (χ1n) is 25.8. The third kappa shape index (κ3) is 10.8. The molecule has 4 bridgehead atoms. The van der Waals surface area contributed by atoms with Gasteiger partial charge in [0.1, 0.15) is 12.2 Å². The van der Waals surface area contributed by atoms with Crippen LogP contribution in [0.25, 0.3) is 6.08 Å². The Morgan fingerprint density at radius 2 is 1.81 bits per heavy atom. The fourth-order valence-corrected chi connectivity index (χ4v) is 13.4. The molecule has 16 atom stereocenters. The fraction of sp³-hybridized carbons (Fsp3) is 0.643. The number of benzene rings is 2. The summed E-state index contributed by atoms with van der Waals surface area (Å²) in [5, 5.41) is 80.5. The van der Waals surface area contributed by atoms with Crippen LogP contribution in [0.2, 0.25) is 0 Å². The zero-order valence-electron chi connectivity index (χ0n) is 41.5. The lowest BCUT2D eigenvalue weighted by Crippen LogP contribution is -2.71. The Labute approximate surface area is 412 Å². The number of carbonyl (C=O) groups excluding carboxylic acids is 2. The molecule has 384 valence electrons. The minimum Gasteiger partial charge on any atom is -0.504 e. The standard InChI is InChI=1S/C56H77NO13/c1-31(2)22-37-16-19-55(28-47(37)62)40-11-12-41(32(3)23-40)44(55)13-15-49(63)68-52-50(64)51-45(57-29-33(4)60)17-20-56(66,70-51)53(52)69-54(65)39(24-35-7-14-46(61)48(26-35)67-5)27-43-38(30-59)10-9-36-8-6-34(18-21-58)25-42(36)43/h6-8,11-12,14,17,20,24-26,31-33,37-38,40-41,43-45,47,50-53,57-62,64,66H,9-10,13,15-16,18-19,21-23,27-30H2,1-5H3. The van der Waals surface area contributed by atoms with E-state index in [0.717, 1.165) is 42.4 Å². The van der Waals surface area contributed by atoms with E-state index in [1.165, 1.54) is 19.3 Å². The van der Waals surface area contributed by atoms with Crippen LogP contribution in [0.5, 0.6) is 11.5 Å². The number of hydrogen-bond donors (Lipinski definition) is 8. The molecule has 2 aliphatic heterocycles. The van der Waals surface area contributed by atoms with E-state index in [1.54, 1.807) is 31.2 Å². The number of esters is 2. The summed E-state index contributed by atoms with van der Waals surface area (Å²) in [4.78, 5) is 29.5. The Balaban J connectivity index is 1.10. The van der Waals surface area contributed by atoms with E-state index in [4.69, 9.17) is 18.9 Å². The Bertz CT molecular complexity index is 2260. The normalized spacial score (nSPS) is 35.9. The number of hydrogen-bond acceptors (Lipinski definition) is 14. The van der Waals surface area contributed by atoms with Gasteiger partial charge in [-0.2, -0.15) is 0 Å². The molecule has 2 aromatic carbocycles. The number of aliphatic hydroxyl groups is 6. The van der Waals surface area contributed by atoms with E-state index in [1.807, 2.05) is 18.2 Å². The summed E-state index contributed by atoms with van der Waals surface area (Å²) in [6.07, 6.45) is 8.78. The maximum atomic E-state index is 15.0. The van der Waals surface area contributed by atoms with Crippen molar-refractivity contribution in [2.45, 2.75) is 153 Å². The molecule has 2 heterocycles. The van der Waals surface area contributed by atoms with Crippen molar-refractivity contribution in [2.24, 2.45) is 46.8 Å². The van der Waals surface area contributed by atoms with Crippen LogP contribution in [0, 0.1) is 46.8 Å². The first-order chi connectivity index (χ1) is 33.5. The highest BCUT2D eigenvalue weighted by Gasteiger charge is 2.61. The lowest BCUT2D eigenvalue weighted by atomic mass is 9.45. The minimum atomic E-state index is -2.36. The van der Waals surface area contributed by atoms with Gasteiger partial charge in [0.05, 0.1) is 25.4 Å². The number of carbonyl (C=O) groups is 2. The van der Waals surface area contributed by atoms with Gasteiger partial charge in [-0.15, -0.1) is 0 Å². The van der Waals surface area contributed by atoms with E-state index < -0.39 is 60.4 Å². The molecule has 1 saturated heterocycles. The number of allylic oxidation sites excluding steroid dienone is 2. The molecule has 14 heteroatoms. The second-order valence-corrected chi connectivity index (χ2v) is 22.0. The molecule has 70 heavy (non-hydrogen) atoms. The summed E-state index contributed by atoms with van der Waals surface area (Å²) in [7, 11) is 1.41. The van der Waals surface area contributed by atoms with Gasteiger partial charge in [0, 0.05) is 31.8 Å². The van der Waals surface area contributed by atoms with E-state index in [9.17, 15) is 40.5 Å². The first-order valence-corrected chi connectivity index (χ1v) is 25.8. The smallest absolute Gasteiger partial charge is 0.334 e. The predicted octanol–water partition coefficient (Wildman–Crippen LogP) is 5.66. The number of nitrogens with one attached hydrogen (secondary N) is 1. The Kier molecular flexibility index (Phi) is 16.4. The molecular weight excluding hydrogens is 895 g/mol. The van der Waals surface area contributed by atoms with Gasteiger partial charge < -0.3 is 60.0 Å². The maximum Gasteiger partial charge on any atom is 0.334 e. The SMILES string of the molecule is COc1cc(C=C(CC2c3cc(CCO)ccc3CCC2CO)C(=O)OC2C(OC(=O)CCC3C4C=CC(CC4C)C34CCC(CC(C)C)C(O)C4)C(O)C3OC2(O)C=CC3NCC(C)O)ccc1O. The Morgan fingerprint density at radius 3 is 2.51 bits per heavy atom. The number of aliphatic hydroxyl groups excluding tert-OH is 5. The molecule has 0 radical (unpaired) electrons. The molecule has 3 fully saturated rings. The molecule has 0 aromatic heterocycles. The average molecular weight is 972 g/mol. The molecule has 2 saturated carbocycles. The maximum absolute atomic E-state index is 15.0. The van der Waals surface area contributed by atoms with Crippen LogP contribution in [-0.4, -0.2) is 123 Å². The van der Waals surface area contributed by atoms with E-state index in [-0.39, 0.29) is 90.6 Å². The van der Waals surface area contributed by atoms with Gasteiger partial charge in [-0.3, -0.25) is 4.79 Å². The third-order valence-corrected chi connectivity index (χ3v) is 16.9. The lowest BCUT2D eigenvalue weighted by Gasteiger charge is -2.60. The topological polar surface area (TPSA) is 225 Å². The van der Waals surface area contributed by atoms with Gasteiger partial charge in [-0.05, 0) is 170 Å². The van der Waals surface area contributed by atoms with Crippen molar-refractivity contribution in [1.29, 1.82) is 0 Å². The molecule has 9 rings (SSSR count). The van der Waals surface area contributed by atoms with Crippen molar-refractivity contribution in [2.75, 3.05) is 26.9 Å². The van der Waals surface area contributed by atoms with E-state index >= 15 is 4.79 Å². The number of rotatable bonds is 18. The highest BCUT2D eigenvalue weighted by Crippen LogP contribution is 2.63. The largest absolute Gasteiger partial charge is 0.504 e. The van der Waals surface area contributed by atoms with Crippen LogP contribution in [0.3, 0.4) is 0 Å². The van der Waals surface area contributed by atoms with Gasteiger partial charge in [-0.25, -0.2) is 4.79 Å². The second-order valence-electron chi connectivity index (χ2n) is 22.0. The van der Waals surface area contributed by atoms with Gasteiger partial charge in [0.25, 0.3) is 0 Å². The zero-order valence-corrected chi connectivity index (χ0v) is 41.5. The molecule has 7 aliphatic rings. The average Bonchev–Trinajstić information content (AvgIpc) is 3.32. The summed E-state index contributed by atoms with van der Waals surface area (Å²) in [6, 6.07) is 9.91. The second kappa shape index (κ2) is 21.9. The number of aromatic hydroxyl groups is 1. The Hall–Kier alpha value is -4.12. The van der Waals surface area contributed by atoms with Gasteiger partial charge in [-0.1, -0.05) is 63.3 Å². The fourth-order valence-electron chi connectivity index (χ4n) is 13.4. The van der Waals surface area contributed by atoms with Crippen molar-refractivity contribution < 1.29 is 64.3 Å². The summed E-state index contributed by atoms with van der Waals surface area (Å²) in [6.45, 7) is 8.18. The van der Waals surface area contributed by atoms with Gasteiger partial charge >= 0.3 is 11.9 Å². The quantitative estimate of drug-likeness (QED) is 0.0513. The number of aryl methyl sites for hydroxylation is 1. The van der Waals surface area contributed by atoms with Crippen molar-refractivity contribution in [1.82, 2.24) is 5.32 Å². The summed E-state index contributed by atoms with van der Waals surface area (Å²) in [5.74, 6) is -2.70. The molecule has 0 amide bonds. The van der Waals surface area contributed by atoms with E-state index in [0.29, 0.717) is 49.5 Å². The monoisotopic (exact) mass is 972 g/mol. The highest BCUT2D eigenvalue weighted by molar-refractivity contribution is 5.94. The predicted molar refractivity (Wildman–Crippen MR) is 262 cm³/mol. The van der Waals surface area contributed by atoms with Crippen LogP contribution in [0.1, 0.15) is 114 Å². The van der Waals surface area contributed by atoms with Gasteiger partial charge in [0.15, 0.2) is 23.7 Å². The minimum absolute atomic E-state index is 0.00908. The molecular formula is C56H77NO13. The number of phenols is 1. The molecule has 8 N–H and O–H groups in total. The lowest BCUT2D eigenvalue weighted by molar-refractivity contribution is -0.333. The van der Waals surface area contributed by atoms with Crippen LogP contribution in [0.15, 0.2) is 66.3 Å². The molecule has 16 unspecified atom stereocenters. The zero-order chi connectivity index (χ0) is 50.1. The van der Waals surface area contributed by atoms with Gasteiger partial charge in [0.2, 0.25) is 5.79 Å². The van der Waals surface area contributed by atoms with E-state index in [2.05, 4.69) is 38.2 Å². The van der Waals surface area contributed by atoms with Crippen molar-refractivity contribution >= 4 is 18.0 Å². The number of fused-ring (bicyclic) bond motifs is 4. The molecule has 5 aliphatic carbocycles. The molecule has 2 aromatic rings. The van der Waals surface area contributed by atoms with Crippen LogP contribution >= 0.6 is 0 Å². The third-order valence-electron chi connectivity index (χ3n) is 16.9. The summed E-state index contributed by atoms with van der Waals surface area (Å²) < 4.78 is 24.1. The molecule has 14 nitrogen and oxygen atoms in total. The van der Waals surface area contributed by atoms with Crippen LogP contribution < -0.4 is 10.1 Å². The summed E-state index contributed by atoms with van der Waals surface area (Å²) >= 11 is 0. The van der Waals surface area contributed by atoms with Crippen molar-refractivity contribution in [3.05, 3.63) is 88.5 Å². The molecule has 1 spiro atoms. The first kappa shape index (κ1) is 52.2. The van der Waals surface area contributed by atoms with Crippen molar-refractivity contribution in [3.8, 4) is 11.5 Å². The van der Waals surface area contributed by atoms with Crippen LogP contribution in [0.4, 0.5) is 0 Å². The number of ether oxygens (including phenoxy) is 4. The summed E-state index contributed by atoms with van der Waals surface area (Å²) in [5.41, 5.74) is 3.36. The number of methoxy groups -OCH3 is 1. The number of phenolic OH excluding ortho intramolecular Hbond substituents is 1. The van der Waals surface area contributed by atoms with Crippen LogP contribution in [-0.2, 0) is 36.6 Å². The van der Waals surface area contributed by atoms with Crippen molar-refractivity contribution in [3.63, 3.8) is 0 Å².